The molecule has 2 amide bonds. The number of fused-ring (bicyclic) bond motifs is 1. The van der Waals surface area contributed by atoms with Gasteiger partial charge < -0.3 is 10.2 Å². The topological polar surface area (TPSA) is 78.5 Å². The number of hydrogen-bond acceptors (Lipinski definition) is 4. The summed E-state index contributed by atoms with van der Waals surface area (Å²) < 4.78 is 27.4. The number of hydrogen-bond donors (Lipinski definition) is 2. The molecule has 2 aromatic rings. The zero-order chi connectivity index (χ0) is 26.0. The van der Waals surface area contributed by atoms with Gasteiger partial charge in [0.15, 0.2) is 0 Å². The lowest BCUT2D eigenvalue weighted by Crippen LogP contribution is -2.48. The second-order valence-corrected chi connectivity index (χ2v) is 12.6. The third kappa shape index (κ3) is 6.63. The van der Waals surface area contributed by atoms with E-state index < -0.39 is 16.1 Å². The molecule has 0 spiro atoms. The predicted octanol–water partition coefficient (Wildman–Crippen LogP) is 7.48. The van der Waals surface area contributed by atoms with Crippen molar-refractivity contribution in [3.05, 3.63) is 51.5 Å². The van der Waals surface area contributed by atoms with Crippen LogP contribution in [0.15, 0.2) is 35.2 Å². The summed E-state index contributed by atoms with van der Waals surface area (Å²) in [4.78, 5) is 15.0. The molecule has 1 heterocycles. The predicted molar refractivity (Wildman–Crippen MR) is 146 cm³/mol. The Morgan fingerprint density at radius 3 is 2.37 bits per heavy atom. The van der Waals surface area contributed by atoms with Crippen molar-refractivity contribution in [3.63, 3.8) is 0 Å². The van der Waals surface area contributed by atoms with Gasteiger partial charge in [0.2, 0.25) is 0 Å². The van der Waals surface area contributed by atoms with Crippen LogP contribution in [0.1, 0.15) is 76.8 Å². The molecular formula is C26H35Cl2N3O3S. The summed E-state index contributed by atoms with van der Waals surface area (Å²) in [5.74, 6) is 0.299. The van der Waals surface area contributed by atoms with Gasteiger partial charge in [-0.15, -0.1) is 0 Å². The van der Waals surface area contributed by atoms with Gasteiger partial charge in [0, 0.05) is 33.5 Å². The van der Waals surface area contributed by atoms with Crippen molar-refractivity contribution < 1.29 is 13.2 Å². The molecule has 0 saturated carbocycles. The monoisotopic (exact) mass is 539 g/mol. The van der Waals surface area contributed by atoms with E-state index in [1.54, 1.807) is 0 Å². The second-order valence-electron chi connectivity index (χ2n) is 10.0. The van der Waals surface area contributed by atoms with E-state index in [1.807, 2.05) is 13.0 Å². The molecule has 1 aliphatic rings. The molecule has 3 rings (SSSR count). The first kappa shape index (κ1) is 27.6. The summed E-state index contributed by atoms with van der Waals surface area (Å²) in [5, 5.41) is 3.05. The fourth-order valence-electron chi connectivity index (χ4n) is 4.90. The van der Waals surface area contributed by atoms with E-state index in [1.165, 1.54) is 43.1 Å². The van der Waals surface area contributed by atoms with Crippen molar-refractivity contribution in [1.82, 2.24) is 4.72 Å². The molecule has 192 valence electrons. The number of urea groups is 1. The van der Waals surface area contributed by atoms with Crippen LogP contribution in [0, 0.1) is 6.92 Å². The largest absolute Gasteiger partial charge is 0.366 e. The lowest BCUT2D eigenvalue weighted by atomic mass is 9.79. The standard InChI is InChI=1S/C26H35Cl2N3O3S/c1-6-7-8-9-10-31-24-11-17(2)23(15-22(24)18(3)16-26(31,4)5)29-25(32)30-35(33,34)21-13-19(27)12-20(28)14-21/h11-15,18H,6-10,16H2,1-5H3,(H2,29,30,32). The molecule has 35 heavy (non-hydrogen) atoms. The van der Waals surface area contributed by atoms with Crippen molar-refractivity contribution in [2.75, 3.05) is 16.8 Å². The summed E-state index contributed by atoms with van der Waals surface area (Å²) in [7, 11) is -4.14. The maximum atomic E-state index is 12.7. The molecule has 0 bridgehead atoms. The van der Waals surface area contributed by atoms with Crippen molar-refractivity contribution in [3.8, 4) is 0 Å². The number of unbranched alkanes of at least 4 members (excludes halogenated alkanes) is 3. The van der Waals surface area contributed by atoms with Crippen LogP contribution in [-0.2, 0) is 10.0 Å². The minimum absolute atomic E-state index is 0.0314. The van der Waals surface area contributed by atoms with Gasteiger partial charge in [0.25, 0.3) is 10.0 Å². The number of nitrogens with zero attached hydrogens (tertiary/aromatic N) is 1. The summed E-state index contributed by atoms with van der Waals surface area (Å²) >= 11 is 11.8. The highest BCUT2D eigenvalue weighted by atomic mass is 35.5. The average molecular weight is 541 g/mol. The number of carbonyl (C=O) groups is 1. The number of benzene rings is 2. The van der Waals surface area contributed by atoms with Crippen LogP contribution < -0.4 is 14.9 Å². The lowest BCUT2D eigenvalue weighted by Gasteiger charge is -2.48. The van der Waals surface area contributed by atoms with E-state index in [9.17, 15) is 13.2 Å². The third-order valence-corrected chi connectivity index (χ3v) is 8.34. The van der Waals surface area contributed by atoms with Crippen LogP contribution in [0.25, 0.3) is 0 Å². The molecule has 0 saturated heterocycles. The first-order valence-corrected chi connectivity index (χ1v) is 14.3. The van der Waals surface area contributed by atoms with Crippen molar-refractivity contribution in [1.29, 1.82) is 0 Å². The third-order valence-electron chi connectivity index (χ3n) is 6.59. The van der Waals surface area contributed by atoms with Gasteiger partial charge >= 0.3 is 6.03 Å². The molecule has 1 aliphatic heterocycles. The van der Waals surface area contributed by atoms with Crippen LogP contribution >= 0.6 is 23.2 Å². The quantitative estimate of drug-likeness (QED) is 0.340. The molecule has 0 fully saturated rings. The number of sulfonamides is 1. The molecule has 2 N–H and O–H groups in total. The Balaban J connectivity index is 1.83. The minimum atomic E-state index is -4.14. The summed E-state index contributed by atoms with van der Waals surface area (Å²) in [6.45, 7) is 11.9. The van der Waals surface area contributed by atoms with Crippen LogP contribution in [0.5, 0.6) is 0 Å². The van der Waals surface area contributed by atoms with Crippen LogP contribution in [0.3, 0.4) is 0 Å². The van der Waals surface area contributed by atoms with Crippen molar-refractivity contribution in [2.24, 2.45) is 0 Å². The van der Waals surface area contributed by atoms with Gasteiger partial charge in [0.05, 0.1) is 4.90 Å². The molecule has 2 aromatic carbocycles. The fraction of sp³-hybridized carbons (Fsp3) is 0.500. The Bertz CT molecular complexity index is 1180. The SMILES string of the molecule is CCCCCCN1c2cc(C)c(NC(=O)NS(=O)(=O)c3cc(Cl)cc(Cl)c3)cc2C(C)CC1(C)C. The fourth-order valence-corrected chi connectivity index (χ4v) is 6.53. The lowest BCUT2D eigenvalue weighted by molar-refractivity contribution is 0.256. The number of aryl methyl sites for hydroxylation is 1. The molecule has 6 nitrogen and oxygen atoms in total. The number of anilines is 2. The summed E-state index contributed by atoms with van der Waals surface area (Å²) in [5.41, 5.74) is 3.83. The van der Waals surface area contributed by atoms with Gasteiger partial charge in [-0.1, -0.05) is 56.3 Å². The Morgan fingerprint density at radius 2 is 1.74 bits per heavy atom. The highest BCUT2D eigenvalue weighted by molar-refractivity contribution is 7.90. The zero-order valence-electron chi connectivity index (χ0n) is 21.0. The van der Waals surface area contributed by atoms with E-state index >= 15 is 0 Å². The normalized spacial score (nSPS) is 17.1. The van der Waals surface area contributed by atoms with E-state index in [-0.39, 0.29) is 20.5 Å². The highest BCUT2D eigenvalue weighted by Crippen LogP contribution is 2.45. The molecule has 9 heteroatoms. The van der Waals surface area contributed by atoms with Gasteiger partial charge in [-0.3, -0.25) is 0 Å². The first-order chi connectivity index (χ1) is 16.3. The molecule has 0 aliphatic carbocycles. The van der Waals surface area contributed by atoms with Gasteiger partial charge in [-0.25, -0.2) is 17.9 Å². The maximum Gasteiger partial charge on any atom is 0.333 e. The Kier molecular flexibility index (Phi) is 8.66. The summed E-state index contributed by atoms with van der Waals surface area (Å²) in [6.07, 6.45) is 5.77. The van der Waals surface area contributed by atoms with Crippen molar-refractivity contribution in [2.45, 2.75) is 83.1 Å². The number of amides is 2. The van der Waals surface area contributed by atoms with Crippen molar-refractivity contribution >= 4 is 50.6 Å². The Morgan fingerprint density at radius 1 is 1.09 bits per heavy atom. The number of carbonyl (C=O) groups excluding carboxylic acids is 1. The van der Waals surface area contributed by atoms with Gasteiger partial charge in [0.1, 0.15) is 0 Å². The second kappa shape index (κ2) is 11.0. The number of nitrogens with one attached hydrogen (secondary N) is 2. The van der Waals surface area contributed by atoms with E-state index in [0.29, 0.717) is 11.6 Å². The smallest absolute Gasteiger partial charge is 0.333 e. The molecular weight excluding hydrogens is 505 g/mol. The van der Waals surface area contributed by atoms with Gasteiger partial charge in [-0.05, 0) is 81.0 Å². The Hall–Kier alpha value is -1.96. The average Bonchev–Trinajstić information content (AvgIpc) is 2.72. The van der Waals surface area contributed by atoms with Gasteiger partial charge in [-0.2, -0.15) is 0 Å². The van der Waals surface area contributed by atoms with E-state index in [4.69, 9.17) is 23.2 Å². The maximum absolute atomic E-state index is 12.7. The Labute approximate surface area is 219 Å². The van der Waals surface area contributed by atoms with Crippen LogP contribution in [0.2, 0.25) is 10.0 Å². The molecule has 1 unspecified atom stereocenters. The van der Waals surface area contributed by atoms with Crippen LogP contribution in [-0.4, -0.2) is 26.5 Å². The molecule has 0 aromatic heterocycles. The van der Waals surface area contributed by atoms with E-state index in [2.05, 4.69) is 48.7 Å². The summed E-state index contributed by atoms with van der Waals surface area (Å²) in [6, 6.07) is 7.15. The number of rotatable bonds is 8. The highest BCUT2D eigenvalue weighted by Gasteiger charge is 2.36. The molecule has 0 radical (unpaired) electrons. The zero-order valence-corrected chi connectivity index (χ0v) is 23.4. The number of halogens is 2. The minimum Gasteiger partial charge on any atom is -0.366 e. The van der Waals surface area contributed by atoms with Crippen LogP contribution in [0.4, 0.5) is 16.2 Å². The molecule has 1 atom stereocenters. The first-order valence-electron chi connectivity index (χ1n) is 12.1. The van der Waals surface area contributed by atoms with E-state index in [0.717, 1.165) is 30.5 Å².